The molecule has 3 rings (SSSR count). The number of fused-ring (bicyclic) bond motifs is 1. The fraction of sp³-hybridized carbons (Fsp3) is 0.118. The summed E-state index contributed by atoms with van der Waals surface area (Å²) in [6, 6.07) is 13.5. The zero-order valence-electron chi connectivity index (χ0n) is 11.5. The van der Waals surface area contributed by atoms with Crippen molar-refractivity contribution in [2.75, 3.05) is 7.05 Å². The van der Waals surface area contributed by atoms with Crippen molar-refractivity contribution in [2.24, 2.45) is 0 Å². The van der Waals surface area contributed by atoms with E-state index in [1.807, 2.05) is 30.3 Å². The highest BCUT2D eigenvalue weighted by Crippen LogP contribution is 2.25. The molecule has 1 aromatic heterocycles. The monoisotopic (exact) mass is 284 g/mol. The van der Waals surface area contributed by atoms with Gasteiger partial charge in [-0.2, -0.15) is 0 Å². The summed E-state index contributed by atoms with van der Waals surface area (Å²) in [5.41, 5.74) is 2.50. The molecule has 0 saturated carbocycles. The third kappa shape index (κ3) is 2.62. The normalized spacial score (nSPS) is 12.5. The molecule has 2 nitrogen and oxygen atoms in total. The largest absolute Gasteiger partial charge is 0.309 e. The third-order valence-electron chi connectivity index (χ3n) is 3.53. The number of nitrogens with one attached hydrogen (secondary N) is 1. The minimum Gasteiger partial charge on any atom is -0.309 e. The zero-order chi connectivity index (χ0) is 14.8. The predicted octanol–water partition coefficient (Wildman–Crippen LogP) is 3.82. The number of hydrogen-bond donors (Lipinski definition) is 1. The lowest BCUT2D eigenvalue weighted by molar-refractivity contribution is 0.505. The van der Waals surface area contributed by atoms with E-state index in [4.69, 9.17) is 0 Å². The SMILES string of the molecule is CNC(c1ccc(F)c(F)c1)c1ccc2cccnc2c1. The molecule has 4 heteroatoms. The molecule has 0 aliphatic carbocycles. The van der Waals surface area contributed by atoms with E-state index in [2.05, 4.69) is 10.3 Å². The smallest absolute Gasteiger partial charge is 0.159 e. The Morgan fingerprint density at radius 2 is 1.71 bits per heavy atom. The molecule has 0 fully saturated rings. The Morgan fingerprint density at radius 1 is 0.952 bits per heavy atom. The van der Waals surface area contributed by atoms with Crippen molar-refractivity contribution in [3.05, 3.63) is 77.5 Å². The molecule has 3 aromatic rings. The second kappa shape index (κ2) is 5.58. The van der Waals surface area contributed by atoms with Gasteiger partial charge in [-0.25, -0.2) is 8.78 Å². The lowest BCUT2D eigenvalue weighted by atomic mass is 9.97. The quantitative estimate of drug-likeness (QED) is 0.791. The van der Waals surface area contributed by atoms with Gasteiger partial charge in [0.15, 0.2) is 11.6 Å². The fourth-order valence-corrected chi connectivity index (χ4v) is 2.48. The summed E-state index contributed by atoms with van der Waals surface area (Å²) in [4.78, 5) is 4.32. The van der Waals surface area contributed by atoms with Gasteiger partial charge in [0, 0.05) is 11.6 Å². The Balaban J connectivity index is 2.06. The van der Waals surface area contributed by atoms with Crippen LogP contribution in [-0.2, 0) is 0 Å². The van der Waals surface area contributed by atoms with Crippen LogP contribution in [0.3, 0.4) is 0 Å². The van der Waals surface area contributed by atoms with Gasteiger partial charge in [-0.05, 0) is 42.4 Å². The standard InChI is InChI=1S/C17H14F2N2/c1-20-17(12-6-7-14(18)15(19)9-12)13-5-4-11-3-2-8-21-16(11)10-13/h2-10,17,20H,1H3. The zero-order valence-corrected chi connectivity index (χ0v) is 11.5. The van der Waals surface area contributed by atoms with Gasteiger partial charge in [0.2, 0.25) is 0 Å². The van der Waals surface area contributed by atoms with Crippen molar-refractivity contribution in [3.8, 4) is 0 Å². The van der Waals surface area contributed by atoms with E-state index in [1.165, 1.54) is 6.07 Å². The molecular formula is C17H14F2N2. The van der Waals surface area contributed by atoms with Crippen molar-refractivity contribution in [2.45, 2.75) is 6.04 Å². The summed E-state index contributed by atoms with van der Waals surface area (Å²) in [5.74, 6) is -1.68. The molecule has 106 valence electrons. The number of benzene rings is 2. The molecule has 0 radical (unpaired) electrons. The number of halogens is 2. The van der Waals surface area contributed by atoms with E-state index in [9.17, 15) is 8.78 Å². The molecule has 0 spiro atoms. The first kappa shape index (κ1) is 13.6. The van der Waals surface area contributed by atoms with Gasteiger partial charge >= 0.3 is 0 Å². The molecule has 0 aliphatic heterocycles. The van der Waals surface area contributed by atoms with Gasteiger partial charge < -0.3 is 5.32 Å². The predicted molar refractivity (Wildman–Crippen MR) is 79.0 cm³/mol. The van der Waals surface area contributed by atoms with Crippen LogP contribution in [0.5, 0.6) is 0 Å². The number of nitrogens with zero attached hydrogens (tertiary/aromatic N) is 1. The van der Waals surface area contributed by atoms with Crippen LogP contribution in [0.15, 0.2) is 54.7 Å². The second-order valence-electron chi connectivity index (χ2n) is 4.85. The highest BCUT2D eigenvalue weighted by molar-refractivity contribution is 5.79. The lowest BCUT2D eigenvalue weighted by Crippen LogP contribution is -2.18. The highest BCUT2D eigenvalue weighted by atomic mass is 19.2. The van der Waals surface area contributed by atoms with Gasteiger partial charge in [-0.1, -0.05) is 24.3 Å². The van der Waals surface area contributed by atoms with Crippen molar-refractivity contribution in [3.63, 3.8) is 0 Å². The lowest BCUT2D eigenvalue weighted by Gasteiger charge is -2.18. The fourth-order valence-electron chi connectivity index (χ4n) is 2.48. The first-order valence-electron chi connectivity index (χ1n) is 6.66. The Hall–Kier alpha value is -2.33. The van der Waals surface area contributed by atoms with Crippen molar-refractivity contribution in [1.82, 2.24) is 10.3 Å². The number of hydrogen-bond acceptors (Lipinski definition) is 2. The van der Waals surface area contributed by atoms with E-state index < -0.39 is 11.6 Å². The highest BCUT2D eigenvalue weighted by Gasteiger charge is 2.14. The Morgan fingerprint density at radius 3 is 2.48 bits per heavy atom. The van der Waals surface area contributed by atoms with E-state index in [0.717, 1.165) is 22.5 Å². The third-order valence-corrected chi connectivity index (χ3v) is 3.53. The van der Waals surface area contributed by atoms with Gasteiger partial charge in [0.1, 0.15) is 0 Å². The van der Waals surface area contributed by atoms with Crippen LogP contribution in [0.25, 0.3) is 10.9 Å². The Kier molecular flexibility index (Phi) is 3.62. The summed E-state index contributed by atoms with van der Waals surface area (Å²) in [6.45, 7) is 0. The average molecular weight is 284 g/mol. The van der Waals surface area contributed by atoms with E-state index in [-0.39, 0.29) is 6.04 Å². The first-order valence-corrected chi connectivity index (χ1v) is 6.66. The summed E-state index contributed by atoms with van der Waals surface area (Å²) in [7, 11) is 1.79. The molecule has 1 atom stereocenters. The Bertz CT molecular complexity index is 787. The van der Waals surface area contributed by atoms with Crippen LogP contribution >= 0.6 is 0 Å². The Labute approximate surface area is 121 Å². The van der Waals surface area contributed by atoms with Crippen LogP contribution in [0.4, 0.5) is 8.78 Å². The molecule has 0 bridgehead atoms. The topological polar surface area (TPSA) is 24.9 Å². The number of rotatable bonds is 3. The molecule has 0 amide bonds. The molecule has 1 unspecified atom stereocenters. The summed E-state index contributed by atoms with van der Waals surface area (Å²) in [6.07, 6.45) is 1.73. The van der Waals surface area contributed by atoms with Crippen molar-refractivity contribution >= 4 is 10.9 Å². The molecule has 1 N–H and O–H groups in total. The minimum atomic E-state index is -0.841. The van der Waals surface area contributed by atoms with Crippen LogP contribution < -0.4 is 5.32 Å². The van der Waals surface area contributed by atoms with Crippen LogP contribution in [-0.4, -0.2) is 12.0 Å². The number of aromatic nitrogens is 1. The van der Waals surface area contributed by atoms with Gasteiger partial charge in [-0.15, -0.1) is 0 Å². The van der Waals surface area contributed by atoms with Gasteiger partial charge in [0.25, 0.3) is 0 Å². The average Bonchev–Trinajstić information content (AvgIpc) is 2.51. The molecule has 21 heavy (non-hydrogen) atoms. The van der Waals surface area contributed by atoms with Crippen LogP contribution in [0.1, 0.15) is 17.2 Å². The maximum atomic E-state index is 13.4. The molecule has 0 saturated heterocycles. The minimum absolute atomic E-state index is 0.216. The number of pyridine rings is 1. The van der Waals surface area contributed by atoms with E-state index in [0.29, 0.717) is 5.56 Å². The van der Waals surface area contributed by atoms with Crippen LogP contribution in [0, 0.1) is 11.6 Å². The van der Waals surface area contributed by atoms with Gasteiger partial charge in [0.05, 0.1) is 11.6 Å². The summed E-state index contributed by atoms with van der Waals surface area (Å²) < 4.78 is 26.5. The molecule has 0 aliphatic rings. The van der Waals surface area contributed by atoms with Gasteiger partial charge in [-0.3, -0.25) is 4.98 Å². The van der Waals surface area contributed by atoms with E-state index in [1.54, 1.807) is 19.3 Å². The molecular weight excluding hydrogens is 270 g/mol. The summed E-state index contributed by atoms with van der Waals surface area (Å²) in [5, 5.41) is 4.17. The van der Waals surface area contributed by atoms with Crippen molar-refractivity contribution < 1.29 is 8.78 Å². The maximum absolute atomic E-state index is 13.4. The second-order valence-corrected chi connectivity index (χ2v) is 4.85. The first-order chi connectivity index (χ1) is 10.2. The summed E-state index contributed by atoms with van der Waals surface area (Å²) >= 11 is 0. The van der Waals surface area contributed by atoms with Crippen molar-refractivity contribution in [1.29, 1.82) is 0 Å². The van der Waals surface area contributed by atoms with E-state index >= 15 is 0 Å². The molecule has 2 aromatic carbocycles. The molecule has 1 heterocycles. The maximum Gasteiger partial charge on any atom is 0.159 e. The van der Waals surface area contributed by atoms with Crippen LogP contribution in [0.2, 0.25) is 0 Å².